The number of phenols is 1. The lowest BCUT2D eigenvalue weighted by molar-refractivity contribution is -0.195. The van der Waals surface area contributed by atoms with Gasteiger partial charge in [-0.2, -0.15) is 0 Å². The summed E-state index contributed by atoms with van der Waals surface area (Å²) in [5, 5.41) is 41.2. The number of nitrogens with zero attached hydrogens (tertiary/aromatic N) is 1. The van der Waals surface area contributed by atoms with Crippen LogP contribution in [0.15, 0.2) is 24.0 Å². The van der Waals surface area contributed by atoms with Gasteiger partial charge in [0.1, 0.15) is 5.76 Å². The summed E-state index contributed by atoms with van der Waals surface area (Å²) in [4.78, 5) is 75.1. The van der Waals surface area contributed by atoms with Crippen molar-refractivity contribution in [2.75, 3.05) is 13.6 Å². The molecule has 1 fully saturated rings. The minimum atomic E-state index is -2.39. The molecule has 16 heteroatoms. The molecular formula is C29H31NO15. The Morgan fingerprint density at radius 1 is 1.02 bits per heavy atom. The van der Waals surface area contributed by atoms with Crippen LogP contribution in [0.5, 0.6) is 11.5 Å². The molecule has 2 heterocycles. The molecule has 16 nitrogen and oxygen atoms in total. The minimum Gasteiger partial charge on any atom is -0.504 e. The van der Waals surface area contributed by atoms with Crippen LogP contribution in [0, 0.1) is 0 Å². The van der Waals surface area contributed by atoms with Crippen molar-refractivity contribution in [2.45, 2.75) is 81.0 Å². The molecule has 1 saturated heterocycles. The molecule has 1 aromatic rings. The van der Waals surface area contributed by atoms with E-state index in [-0.39, 0.29) is 29.7 Å². The number of likely N-dealkylation sites (tertiary alicyclic amines) is 1. The number of aliphatic hydroxyl groups is 1. The third kappa shape index (κ3) is 5.12. The first-order valence-corrected chi connectivity index (χ1v) is 14.0. The van der Waals surface area contributed by atoms with Crippen LogP contribution in [0.2, 0.25) is 0 Å². The monoisotopic (exact) mass is 633 g/mol. The standard InChI is InChI=1S/C29H31NO15/c1-12(31)41-22(23(42-13(2)32)27(39)44-17(25(36)37)11-19(34)35)26(38)43-16-6-7-29(40)18-10-14-4-5-15(33)21-20(14)28(29,24(16)45-21)8-9-30(18)3/h4-6,17-18,22-24,33,40H,7-11H2,1-3H3,(H,34,35)(H,36,37)/t17-,18-,22+,23+,24+,28+,29-/m0/s1. The average Bonchev–Trinajstić information content (AvgIpc) is 3.30. The summed E-state index contributed by atoms with van der Waals surface area (Å²) in [6, 6.07) is 2.87. The Morgan fingerprint density at radius 3 is 2.27 bits per heavy atom. The smallest absolute Gasteiger partial charge is 0.357 e. The number of aromatic hydroxyl groups is 1. The zero-order valence-electron chi connectivity index (χ0n) is 24.4. The number of carbonyl (C=O) groups excluding carboxylic acids is 4. The van der Waals surface area contributed by atoms with Crippen molar-refractivity contribution in [1.82, 2.24) is 4.90 Å². The molecule has 0 unspecified atom stereocenters. The van der Waals surface area contributed by atoms with E-state index in [0.717, 1.165) is 19.4 Å². The van der Waals surface area contributed by atoms with Crippen molar-refractivity contribution in [3.63, 3.8) is 0 Å². The van der Waals surface area contributed by atoms with Gasteiger partial charge in [0.15, 0.2) is 17.6 Å². The van der Waals surface area contributed by atoms with Gasteiger partial charge in [-0.3, -0.25) is 14.4 Å². The van der Waals surface area contributed by atoms with E-state index >= 15 is 0 Å². The third-order valence-electron chi connectivity index (χ3n) is 8.79. The number of carboxylic acid groups (broad SMARTS) is 2. The lowest BCUT2D eigenvalue weighted by atomic mass is 9.50. The first kappa shape index (κ1) is 31.7. The topological polar surface area (TPSA) is 233 Å². The number of ether oxygens (including phenoxy) is 5. The van der Waals surface area contributed by atoms with Crippen molar-refractivity contribution < 1.29 is 72.9 Å². The van der Waals surface area contributed by atoms with Crippen molar-refractivity contribution in [3.05, 3.63) is 35.1 Å². The molecule has 45 heavy (non-hydrogen) atoms. The minimum absolute atomic E-state index is 0.0118. The number of aliphatic carboxylic acids is 2. The van der Waals surface area contributed by atoms with Crippen molar-refractivity contribution in [3.8, 4) is 11.5 Å². The number of likely N-dealkylation sites (N-methyl/N-ethyl adjacent to an activating group) is 1. The Hall–Kier alpha value is -4.70. The molecule has 4 N–H and O–H groups in total. The highest BCUT2D eigenvalue weighted by molar-refractivity contribution is 5.91. The molecule has 7 atom stereocenters. The largest absolute Gasteiger partial charge is 0.504 e. The van der Waals surface area contributed by atoms with E-state index < -0.39 is 77.7 Å². The van der Waals surface area contributed by atoms with Gasteiger partial charge in [-0.1, -0.05) is 6.07 Å². The highest BCUT2D eigenvalue weighted by Gasteiger charge is 2.72. The van der Waals surface area contributed by atoms with Crippen LogP contribution in [-0.4, -0.2) is 111 Å². The molecule has 0 amide bonds. The normalized spacial score (nSPS) is 27.8. The number of carbonyl (C=O) groups is 6. The van der Waals surface area contributed by atoms with E-state index in [9.17, 15) is 44.1 Å². The van der Waals surface area contributed by atoms with E-state index in [4.69, 9.17) is 28.8 Å². The van der Waals surface area contributed by atoms with Crippen molar-refractivity contribution in [1.29, 1.82) is 0 Å². The Balaban J connectivity index is 1.49. The lowest BCUT2D eigenvalue weighted by Crippen LogP contribution is -2.74. The Morgan fingerprint density at radius 2 is 1.67 bits per heavy atom. The molecule has 2 aliphatic heterocycles. The third-order valence-corrected chi connectivity index (χ3v) is 8.79. The SMILES string of the molecule is CC(=O)O[C@@H](C(=O)OC1=CC[C@]2(O)[C@@H]3Cc4ccc(O)c5c4[C@]2(CCN3C)[C@@H]1O5)[C@@H](OC(C)=O)C(=O)O[C@@H](CC(=O)O)C(=O)O. The van der Waals surface area contributed by atoms with Crippen molar-refractivity contribution >= 4 is 35.8 Å². The van der Waals surface area contributed by atoms with E-state index in [1.54, 1.807) is 6.07 Å². The maximum Gasteiger partial charge on any atom is 0.357 e. The fourth-order valence-corrected chi connectivity index (χ4v) is 6.98. The summed E-state index contributed by atoms with van der Waals surface area (Å²) in [7, 11) is 1.88. The van der Waals surface area contributed by atoms with Gasteiger partial charge >= 0.3 is 35.8 Å². The first-order chi connectivity index (χ1) is 21.1. The van der Waals surface area contributed by atoms with Gasteiger partial charge in [0.05, 0.1) is 17.4 Å². The summed E-state index contributed by atoms with van der Waals surface area (Å²) in [5.41, 5.74) is -1.13. The molecule has 2 aliphatic carbocycles. The van der Waals surface area contributed by atoms with Gasteiger partial charge in [-0.05, 0) is 44.1 Å². The van der Waals surface area contributed by atoms with E-state index in [0.29, 0.717) is 24.9 Å². The molecule has 5 rings (SSSR count). The number of benzene rings is 1. The summed E-state index contributed by atoms with van der Waals surface area (Å²) in [6.07, 6.45) is -7.07. The van der Waals surface area contributed by atoms with Crippen LogP contribution in [0.3, 0.4) is 0 Å². The average molecular weight is 634 g/mol. The van der Waals surface area contributed by atoms with Gasteiger partial charge in [0, 0.05) is 31.9 Å². The number of hydrogen-bond acceptors (Lipinski definition) is 14. The molecular weight excluding hydrogens is 602 g/mol. The fraction of sp³-hybridized carbons (Fsp3) is 0.517. The van der Waals surface area contributed by atoms with Crippen LogP contribution < -0.4 is 4.74 Å². The highest BCUT2D eigenvalue weighted by atomic mass is 16.6. The van der Waals surface area contributed by atoms with Gasteiger partial charge in [-0.15, -0.1) is 0 Å². The van der Waals surface area contributed by atoms with Crippen molar-refractivity contribution in [2.24, 2.45) is 0 Å². The predicted molar refractivity (Wildman–Crippen MR) is 144 cm³/mol. The maximum absolute atomic E-state index is 13.6. The number of rotatable bonds is 10. The van der Waals surface area contributed by atoms with Crippen LogP contribution in [0.4, 0.5) is 0 Å². The molecule has 0 saturated carbocycles. The number of carboxylic acids is 2. The Labute approximate surface area is 255 Å². The number of hydrogen-bond donors (Lipinski definition) is 4. The molecule has 1 spiro atoms. The van der Waals surface area contributed by atoms with Gasteiger partial charge in [0.2, 0.25) is 18.3 Å². The second-order valence-corrected chi connectivity index (χ2v) is 11.4. The fourth-order valence-electron chi connectivity index (χ4n) is 6.98. The lowest BCUT2D eigenvalue weighted by Gasteiger charge is -2.61. The van der Waals surface area contributed by atoms with Gasteiger partial charge in [0.25, 0.3) is 0 Å². The Kier molecular flexibility index (Phi) is 7.99. The molecule has 242 valence electrons. The second kappa shape index (κ2) is 11.3. The molecule has 0 radical (unpaired) electrons. The predicted octanol–water partition coefficient (Wildman–Crippen LogP) is -0.452. The zero-order chi connectivity index (χ0) is 33.0. The molecule has 0 aromatic heterocycles. The summed E-state index contributed by atoms with van der Waals surface area (Å²) >= 11 is 0. The van der Waals surface area contributed by atoms with Crippen LogP contribution in [0.1, 0.15) is 44.2 Å². The second-order valence-electron chi connectivity index (χ2n) is 11.4. The number of piperidine rings is 1. The summed E-state index contributed by atoms with van der Waals surface area (Å²) in [6.45, 7) is 2.25. The van der Waals surface area contributed by atoms with E-state index in [1.807, 2.05) is 11.9 Å². The molecule has 1 aromatic carbocycles. The first-order valence-electron chi connectivity index (χ1n) is 14.0. The van der Waals surface area contributed by atoms with E-state index in [1.165, 1.54) is 12.1 Å². The van der Waals surface area contributed by atoms with Gasteiger partial charge < -0.3 is 49.0 Å². The Bertz CT molecular complexity index is 1520. The maximum atomic E-state index is 13.6. The van der Waals surface area contributed by atoms with Crippen LogP contribution in [0.25, 0.3) is 0 Å². The number of esters is 4. The van der Waals surface area contributed by atoms with Gasteiger partial charge in [-0.25, -0.2) is 14.4 Å². The highest BCUT2D eigenvalue weighted by Crippen LogP contribution is 2.65. The molecule has 4 aliphatic rings. The quantitative estimate of drug-likeness (QED) is 0.189. The summed E-state index contributed by atoms with van der Waals surface area (Å²) < 4.78 is 26.5. The number of phenolic OH excluding ortho intramolecular Hbond substituents is 1. The van der Waals surface area contributed by atoms with Crippen LogP contribution >= 0.6 is 0 Å². The zero-order valence-corrected chi connectivity index (χ0v) is 24.4. The molecule has 2 bridgehead atoms. The van der Waals surface area contributed by atoms with Crippen LogP contribution in [-0.2, 0) is 59.6 Å². The van der Waals surface area contributed by atoms with E-state index in [2.05, 4.69) is 0 Å². The summed E-state index contributed by atoms with van der Waals surface area (Å²) in [5.74, 6) is -9.12.